The molecule has 1 unspecified atom stereocenters. The zero-order chi connectivity index (χ0) is 14.8. The summed E-state index contributed by atoms with van der Waals surface area (Å²) < 4.78 is 0. The van der Waals surface area contributed by atoms with E-state index in [9.17, 15) is 0 Å². The summed E-state index contributed by atoms with van der Waals surface area (Å²) in [6.45, 7) is 0. The van der Waals surface area contributed by atoms with Crippen molar-refractivity contribution in [1.82, 2.24) is 0 Å². The zero-order valence-electron chi connectivity index (χ0n) is 14.0. The van der Waals surface area contributed by atoms with Gasteiger partial charge in [0.25, 0.3) is 0 Å². The molecule has 0 N–H and O–H groups in total. The number of rotatable bonds is 0. The van der Waals surface area contributed by atoms with Crippen molar-refractivity contribution in [2.24, 2.45) is 5.92 Å². The van der Waals surface area contributed by atoms with Crippen LogP contribution in [0.2, 0.25) is 0 Å². The molecule has 2 aromatic rings. The van der Waals surface area contributed by atoms with Crippen molar-refractivity contribution in [2.75, 3.05) is 0 Å². The van der Waals surface area contributed by atoms with E-state index in [0.29, 0.717) is 0 Å². The van der Waals surface area contributed by atoms with Crippen LogP contribution in [0.5, 0.6) is 0 Å². The fourth-order valence-corrected chi connectivity index (χ4v) is 3.66. The van der Waals surface area contributed by atoms with Crippen LogP contribution in [0.4, 0.5) is 0 Å². The summed E-state index contributed by atoms with van der Waals surface area (Å²) in [6, 6.07) is 18.1. The number of halogens is 2. The first-order chi connectivity index (χ1) is 10.9. The van der Waals surface area contributed by atoms with Crippen LogP contribution in [0.15, 0.2) is 66.3 Å². The molecule has 126 valence electrons. The molecule has 5 rings (SSSR count). The van der Waals surface area contributed by atoms with E-state index in [-0.39, 0.29) is 46.5 Å². The molecule has 0 aromatic heterocycles. The molecule has 0 bridgehead atoms. The average molecular weight is 403 g/mol. The summed E-state index contributed by atoms with van der Waals surface area (Å²) in [4.78, 5) is 0. The van der Waals surface area contributed by atoms with Gasteiger partial charge in [-0.05, 0) is 18.8 Å². The van der Waals surface area contributed by atoms with Gasteiger partial charge >= 0.3 is 21.7 Å². The fraction of sp³-hybridized carbons (Fsp3) is 0.227. The van der Waals surface area contributed by atoms with E-state index >= 15 is 0 Å². The van der Waals surface area contributed by atoms with Crippen molar-refractivity contribution in [3.8, 4) is 11.1 Å². The largest absolute Gasteiger partial charge is 4.00 e. The molecule has 3 heteroatoms. The molecule has 0 saturated heterocycles. The second-order valence-corrected chi connectivity index (χ2v) is 6.21. The third-order valence-corrected chi connectivity index (χ3v) is 4.83. The van der Waals surface area contributed by atoms with Gasteiger partial charge in [-0.25, -0.2) is 18.1 Å². The molecular weight excluding hydrogens is 383 g/mol. The van der Waals surface area contributed by atoms with Gasteiger partial charge in [0.15, 0.2) is 0 Å². The van der Waals surface area contributed by atoms with Crippen molar-refractivity contribution in [3.63, 3.8) is 0 Å². The normalized spacial score (nSPS) is 17.6. The minimum atomic E-state index is 0. The van der Waals surface area contributed by atoms with Gasteiger partial charge in [0.05, 0.1) is 0 Å². The zero-order valence-corrected chi connectivity index (χ0v) is 17.1. The number of allylic oxidation sites excluding steroid dienone is 4. The molecule has 3 aliphatic rings. The summed E-state index contributed by atoms with van der Waals surface area (Å²) >= 11 is 0. The molecule has 3 aliphatic carbocycles. The van der Waals surface area contributed by atoms with Gasteiger partial charge in [0.1, 0.15) is 0 Å². The summed E-state index contributed by atoms with van der Waals surface area (Å²) in [5, 5.41) is 0. The number of benzene rings is 2. The van der Waals surface area contributed by atoms with Gasteiger partial charge < -0.3 is 24.8 Å². The van der Waals surface area contributed by atoms with E-state index in [2.05, 4.69) is 67.1 Å². The maximum absolute atomic E-state index is 3.30. The molecule has 0 radical (unpaired) electrons. The smallest absolute Gasteiger partial charge is 1.00 e. The molecule has 0 heterocycles. The Morgan fingerprint density at radius 2 is 1.80 bits per heavy atom. The third kappa shape index (κ3) is 4.83. The van der Waals surface area contributed by atoms with Gasteiger partial charge in [-0.2, -0.15) is 29.8 Å². The first-order valence-electron chi connectivity index (χ1n) is 8.19. The number of hydrogen-bond acceptors (Lipinski definition) is 0. The molecule has 1 atom stereocenters. The van der Waals surface area contributed by atoms with Crippen LogP contribution < -0.4 is 24.8 Å². The van der Waals surface area contributed by atoms with Crippen molar-refractivity contribution >= 4 is 0 Å². The quantitative estimate of drug-likeness (QED) is 0.353. The second-order valence-electron chi connectivity index (χ2n) is 6.21. The van der Waals surface area contributed by atoms with Crippen LogP contribution in [0, 0.1) is 18.4 Å². The summed E-state index contributed by atoms with van der Waals surface area (Å²) in [7, 11) is 0. The van der Waals surface area contributed by atoms with Crippen LogP contribution in [-0.2, 0) is 28.1 Å². The Morgan fingerprint density at radius 3 is 2.64 bits per heavy atom. The molecular formula is C22H20Cl2Ti. The molecule has 1 fully saturated rings. The van der Waals surface area contributed by atoms with Crippen molar-refractivity contribution in [1.29, 1.82) is 0 Å². The van der Waals surface area contributed by atoms with Crippen molar-refractivity contribution < 1.29 is 46.5 Å². The number of hydrogen-bond donors (Lipinski definition) is 0. The number of fused-ring (bicyclic) bond motifs is 4. The Morgan fingerprint density at radius 1 is 1.00 bits per heavy atom. The van der Waals surface area contributed by atoms with Gasteiger partial charge in [-0.1, -0.05) is 41.8 Å². The Hall–Kier alpha value is -0.916. The standard InChI is InChI=1S/C13H9.C9H11.2ClH.Ti/c1-3-7-12-10(5-1)9-11-6-2-4-8-13(11)12;1-2-5-9-7-3-6-8(9)4-1;;;/h1-5,7-8H,9H2;1-2,4,6,9H,3,5,7H2;2*1H;/q2*-1;;;+4/p-2. The summed E-state index contributed by atoms with van der Waals surface area (Å²) in [6.07, 6.45) is 14.1. The van der Waals surface area contributed by atoms with Crippen LogP contribution in [0.3, 0.4) is 0 Å². The van der Waals surface area contributed by atoms with Gasteiger partial charge in [-0.3, -0.25) is 0 Å². The maximum atomic E-state index is 3.30. The molecule has 25 heavy (non-hydrogen) atoms. The Kier molecular flexibility index (Phi) is 9.10. The van der Waals surface area contributed by atoms with Crippen LogP contribution in [-0.4, -0.2) is 0 Å². The average Bonchev–Trinajstić information content (AvgIpc) is 3.19. The molecule has 0 aliphatic heterocycles. The molecule has 0 amide bonds. The minimum Gasteiger partial charge on any atom is -1.00 e. The molecule has 1 saturated carbocycles. The monoisotopic (exact) mass is 402 g/mol. The predicted molar refractivity (Wildman–Crippen MR) is 92.4 cm³/mol. The van der Waals surface area contributed by atoms with Crippen LogP contribution in [0.1, 0.15) is 30.4 Å². The fourth-order valence-electron chi connectivity index (χ4n) is 3.66. The van der Waals surface area contributed by atoms with Gasteiger partial charge in [0.2, 0.25) is 0 Å². The molecule has 0 spiro atoms. The molecule has 2 aromatic carbocycles. The second kappa shape index (κ2) is 10.3. The SMILES string of the molecule is C1=CCC2CC[CH-]C2=C1.[Cl-].[Cl-].[Ti+4].[c-]1cccc2c1Cc1ccccc1-2. The topological polar surface area (TPSA) is 0 Å². The Bertz CT molecular complexity index is 706. The van der Waals surface area contributed by atoms with E-state index < -0.39 is 0 Å². The third-order valence-electron chi connectivity index (χ3n) is 4.83. The molecule has 0 nitrogen and oxygen atoms in total. The van der Waals surface area contributed by atoms with E-state index in [1.807, 2.05) is 6.07 Å². The van der Waals surface area contributed by atoms with Crippen LogP contribution >= 0.6 is 0 Å². The van der Waals surface area contributed by atoms with E-state index in [1.165, 1.54) is 41.5 Å². The van der Waals surface area contributed by atoms with Gasteiger partial charge in [-0.15, -0.1) is 24.1 Å². The summed E-state index contributed by atoms with van der Waals surface area (Å²) in [5.74, 6) is 0.884. The first kappa shape index (κ1) is 22.1. The predicted octanol–water partition coefficient (Wildman–Crippen LogP) is -0.450. The van der Waals surface area contributed by atoms with E-state index in [1.54, 1.807) is 5.57 Å². The van der Waals surface area contributed by atoms with E-state index in [4.69, 9.17) is 0 Å². The van der Waals surface area contributed by atoms with E-state index in [0.717, 1.165) is 12.3 Å². The maximum Gasteiger partial charge on any atom is 4.00 e. The van der Waals surface area contributed by atoms with Crippen LogP contribution in [0.25, 0.3) is 11.1 Å². The van der Waals surface area contributed by atoms with Gasteiger partial charge in [0, 0.05) is 0 Å². The Balaban J connectivity index is 0.000000234. The van der Waals surface area contributed by atoms with Crippen molar-refractivity contribution in [2.45, 2.75) is 25.7 Å². The Labute approximate surface area is 178 Å². The summed E-state index contributed by atoms with van der Waals surface area (Å²) in [5.41, 5.74) is 7.09. The van der Waals surface area contributed by atoms with Crippen molar-refractivity contribution in [3.05, 3.63) is 89.9 Å². The first-order valence-corrected chi connectivity index (χ1v) is 8.19. The minimum absolute atomic E-state index is 0.